The van der Waals surface area contributed by atoms with E-state index in [0.717, 1.165) is 10.5 Å². The molecule has 0 radical (unpaired) electrons. The quantitative estimate of drug-likeness (QED) is 0.666. The van der Waals surface area contributed by atoms with E-state index >= 15 is 0 Å². The second-order valence-corrected chi connectivity index (χ2v) is 2.45. The summed E-state index contributed by atoms with van der Waals surface area (Å²) in [6.45, 7) is 0. The van der Waals surface area contributed by atoms with Crippen LogP contribution >= 0.6 is 15.9 Å². The molecule has 0 spiro atoms. The van der Waals surface area contributed by atoms with Gasteiger partial charge in [0.25, 0.3) is 0 Å². The van der Waals surface area contributed by atoms with Crippen molar-refractivity contribution < 1.29 is 4.74 Å². The lowest BCUT2D eigenvalue weighted by Crippen LogP contribution is -1.94. The van der Waals surface area contributed by atoms with Gasteiger partial charge in [-0.3, -0.25) is 0 Å². The van der Waals surface area contributed by atoms with Crippen molar-refractivity contribution >= 4 is 15.9 Å². The van der Waals surface area contributed by atoms with E-state index in [4.69, 9.17) is 4.74 Å². The molecule has 9 heavy (non-hydrogen) atoms. The Bertz CT molecular complexity index is 209. The number of hydrogen-bond donors (Lipinski definition) is 0. The van der Waals surface area contributed by atoms with Crippen LogP contribution in [0, 0.1) is 0 Å². The Morgan fingerprint density at radius 2 is 2.44 bits per heavy atom. The molecule has 0 amide bonds. The van der Waals surface area contributed by atoms with Crippen LogP contribution in [-0.2, 0) is 7.05 Å². The Morgan fingerprint density at radius 1 is 1.78 bits per heavy atom. The molecular weight excluding hydrogens is 184 g/mol. The average molecular weight is 191 g/mol. The van der Waals surface area contributed by atoms with Gasteiger partial charge in [0.1, 0.15) is 4.60 Å². The Balaban J connectivity index is 3.01. The van der Waals surface area contributed by atoms with Crippen LogP contribution in [0.15, 0.2) is 10.7 Å². The average Bonchev–Trinajstić information content (AvgIpc) is 2.10. The first-order valence-electron chi connectivity index (χ1n) is 2.47. The second-order valence-electron chi connectivity index (χ2n) is 1.63. The predicted molar refractivity (Wildman–Crippen MR) is 37.5 cm³/mol. The van der Waals surface area contributed by atoms with E-state index in [1.807, 2.05) is 7.05 Å². The van der Waals surface area contributed by atoms with Crippen LogP contribution in [-0.4, -0.2) is 16.9 Å². The number of nitrogens with zero attached hydrogens (tertiary/aromatic N) is 2. The highest BCUT2D eigenvalue weighted by Crippen LogP contribution is 2.14. The smallest absolute Gasteiger partial charge is 0.212 e. The zero-order valence-corrected chi connectivity index (χ0v) is 6.84. The summed E-state index contributed by atoms with van der Waals surface area (Å²) in [5.41, 5.74) is 0. The summed E-state index contributed by atoms with van der Waals surface area (Å²) in [7, 11) is 3.44. The van der Waals surface area contributed by atoms with Crippen LogP contribution in [0.4, 0.5) is 0 Å². The molecule has 0 bridgehead atoms. The molecule has 0 fully saturated rings. The molecule has 0 N–H and O–H groups in total. The van der Waals surface area contributed by atoms with Crippen LogP contribution in [0.3, 0.4) is 0 Å². The van der Waals surface area contributed by atoms with Gasteiger partial charge in [-0.25, -0.2) is 4.68 Å². The molecule has 1 aromatic rings. The van der Waals surface area contributed by atoms with Crippen molar-refractivity contribution in [1.82, 2.24) is 9.78 Å². The molecule has 1 aromatic heterocycles. The first-order chi connectivity index (χ1) is 4.24. The molecule has 0 aliphatic heterocycles. The lowest BCUT2D eigenvalue weighted by molar-refractivity contribution is 0.373. The largest absolute Gasteiger partial charge is 0.481 e. The van der Waals surface area contributed by atoms with Gasteiger partial charge in [0, 0.05) is 13.1 Å². The van der Waals surface area contributed by atoms with E-state index in [0.29, 0.717) is 0 Å². The van der Waals surface area contributed by atoms with Gasteiger partial charge in [0.05, 0.1) is 7.11 Å². The van der Waals surface area contributed by atoms with Gasteiger partial charge in [-0.05, 0) is 15.9 Å². The van der Waals surface area contributed by atoms with Crippen LogP contribution < -0.4 is 4.74 Å². The van der Waals surface area contributed by atoms with Gasteiger partial charge in [0.2, 0.25) is 5.88 Å². The zero-order valence-electron chi connectivity index (χ0n) is 5.26. The summed E-state index contributed by atoms with van der Waals surface area (Å²) in [4.78, 5) is 0. The monoisotopic (exact) mass is 190 g/mol. The number of methoxy groups -OCH3 is 1. The third kappa shape index (κ3) is 1.24. The molecule has 1 heterocycles. The normalized spacial score (nSPS) is 9.67. The maximum absolute atomic E-state index is 4.94. The van der Waals surface area contributed by atoms with E-state index in [1.54, 1.807) is 17.9 Å². The minimum Gasteiger partial charge on any atom is -0.481 e. The lowest BCUT2D eigenvalue weighted by atomic mass is 10.7. The highest BCUT2D eigenvalue weighted by Gasteiger charge is 1.99. The number of aromatic nitrogens is 2. The summed E-state index contributed by atoms with van der Waals surface area (Å²) in [5, 5.41) is 3.99. The minimum absolute atomic E-state index is 0.752. The molecule has 0 atom stereocenters. The van der Waals surface area contributed by atoms with Crippen LogP contribution in [0.2, 0.25) is 0 Å². The summed E-state index contributed by atoms with van der Waals surface area (Å²) in [6, 6.07) is 1.81. The van der Waals surface area contributed by atoms with Gasteiger partial charge in [-0.15, -0.1) is 0 Å². The van der Waals surface area contributed by atoms with Crippen molar-refractivity contribution in [1.29, 1.82) is 0 Å². The number of halogens is 1. The Hall–Kier alpha value is -0.510. The van der Waals surface area contributed by atoms with Crippen molar-refractivity contribution in [2.75, 3.05) is 7.11 Å². The van der Waals surface area contributed by atoms with E-state index in [2.05, 4.69) is 21.0 Å². The highest BCUT2D eigenvalue weighted by molar-refractivity contribution is 9.10. The molecule has 1 rings (SSSR count). The van der Waals surface area contributed by atoms with E-state index < -0.39 is 0 Å². The number of ether oxygens (including phenoxy) is 1. The fraction of sp³-hybridized carbons (Fsp3) is 0.400. The fourth-order valence-corrected chi connectivity index (χ4v) is 1.04. The lowest BCUT2D eigenvalue weighted by Gasteiger charge is -1.95. The SMILES string of the molecule is COc1cc(Br)nn1C. The molecular formula is C5H7BrN2O. The number of rotatable bonds is 1. The van der Waals surface area contributed by atoms with Crippen LogP contribution in [0.1, 0.15) is 0 Å². The highest BCUT2D eigenvalue weighted by atomic mass is 79.9. The van der Waals surface area contributed by atoms with Crippen molar-refractivity contribution in [3.63, 3.8) is 0 Å². The molecule has 50 valence electrons. The molecule has 0 aromatic carbocycles. The fourth-order valence-electron chi connectivity index (χ4n) is 0.608. The minimum atomic E-state index is 0.752. The van der Waals surface area contributed by atoms with Crippen LogP contribution in [0.25, 0.3) is 0 Å². The predicted octanol–water partition coefficient (Wildman–Crippen LogP) is 1.19. The second kappa shape index (κ2) is 2.39. The number of aryl methyl sites for hydroxylation is 1. The molecule has 4 heteroatoms. The molecule has 0 saturated heterocycles. The third-order valence-electron chi connectivity index (χ3n) is 1.02. The molecule has 0 unspecified atom stereocenters. The van der Waals surface area contributed by atoms with E-state index in [9.17, 15) is 0 Å². The summed E-state index contributed by atoms with van der Waals surface area (Å²) in [6.07, 6.45) is 0. The Morgan fingerprint density at radius 3 is 2.67 bits per heavy atom. The van der Waals surface area contributed by atoms with Crippen molar-refractivity contribution in [2.24, 2.45) is 7.05 Å². The maximum atomic E-state index is 4.94. The summed E-state index contributed by atoms with van der Waals surface area (Å²) >= 11 is 3.21. The molecule has 0 aliphatic carbocycles. The van der Waals surface area contributed by atoms with Crippen molar-refractivity contribution in [3.05, 3.63) is 10.7 Å². The first-order valence-corrected chi connectivity index (χ1v) is 3.27. The van der Waals surface area contributed by atoms with Gasteiger partial charge in [-0.1, -0.05) is 0 Å². The van der Waals surface area contributed by atoms with Gasteiger partial charge in [0.15, 0.2) is 0 Å². The van der Waals surface area contributed by atoms with Gasteiger partial charge < -0.3 is 4.74 Å². The summed E-state index contributed by atoms with van der Waals surface area (Å²) in [5.74, 6) is 0.752. The van der Waals surface area contributed by atoms with Crippen molar-refractivity contribution in [3.8, 4) is 5.88 Å². The third-order valence-corrected chi connectivity index (χ3v) is 1.40. The Labute approximate surface area is 61.7 Å². The summed E-state index contributed by atoms with van der Waals surface area (Å²) < 4.78 is 7.39. The topological polar surface area (TPSA) is 27.1 Å². The molecule has 0 saturated carbocycles. The number of hydrogen-bond acceptors (Lipinski definition) is 2. The van der Waals surface area contributed by atoms with Crippen molar-refractivity contribution in [2.45, 2.75) is 0 Å². The zero-order chi connectivity index (χ0) is 6.85. The molecule has 0 aliphatic rings. The van der Waals surface area contributed by atoms with E-state index in [1.165, 1.54) is 0 Å². The molecule has 3 nitrogen and oxygen atoms in total. The van der Waals surface area contributed by atoms with E-state index in [-0.39, 0.29) is 0 Å². The van der Waals surface area contributed by atoms with Crippen LogP contribution in [0.5, 0.6) is 5.88 Å². The first kappa shape index (κ1) is 6.61. The Kier molecular flexibility index (Phi) is 1.75. The maximum Gasteiger partial charge on any atom is 0.212 e. The van der Waals surface area contributed by atoms with Gasteiger partial charge >= 0.3 is 0 Å². The van der Waals surface area contributed by atoms with Gasteiger partial charge in [-0.2, -0.15) is 5.10 Å². The standard InChI is InChI=1S/C5H7BrN2O/c1-8-5(9-2)3-4(6)7-8/h3H,1-2H3.